The Morgan fingerprint density at radius 1 is 0.333 bits per heavy atom. The first-order chi connectivity index (χ1) is 19.2. The number of halogens is 1. The van der Waals surface area contributed by atoms with Gasteiger partial charge in [-0.2, -0.15) is 9.97 Å². The fourth-order valence-corrected chi connectivity index (χ4v) is 5.17. The zero-order valence-corrected chi connectivity index (χ0v) is 21.7. The molecule has 0 aliphatic heterocycles. The first-order valence-corrected chi connectivity index (χ1v) is 13.2. The summed E-state index contributed by atoms with van der Waals surface area (Å²) in [4.78, 5) is 13.7. The lowest BCUT2D eigenvalue weighted by Gasteiger charge is -2.09. The van der Waals surface area contributed by atoms with Crippen molar-refractivity contribution in [3.8, 4) is 45.0 Å². The van der Waals surface area contributed by atoms with E-state index in [2.05, 4.69) is 107 Å². The van der Waals surface area contributed by atoms with E-state index in [9.17, 15) is 0 Å². The van der Waals surface area contributed by atoms with E-state index in [1.54, 1.807) is 0 Å². The number of rotatable bonds is 4. The molecule has 0 radical (unpaired) electrons. The predicted octanol–water partition coefficient (Wildman–Crippen LogP) is 9.50. The molecule has 184 valence electrons. The minimum atomic E-state index is 0.175. The van der Waals surface area contributed by atoms with E-state index >= 15 is 0 Å². The van der Waals surface area contributed by atoms with Crippen LogP contribution in [0.1, 0.15) is 0 Å². The Balaban J connectivity index is 1.24. The summed E-state index contributed by atoms with van der Waals surface area (Å²) in [7, 11) is 0. The molecule has 0 saturated carbocycles. The zero-order chi connectivity index (χ0) is 26.2. The van der Waals surface area contributed by atoms with Crippen LogP contribution in [0.5, 0.6) is 0 Å². The predicted molar refractivity (Wildman–Crippen MR) is 162 cm³/mol. The van der Waals surface area contributed by atoms with E-state index in [0.29, 0.717) is 11.6 Å². The van der Waals surface area contributed by atoms with Gasteiger partial charge in [0.05, 0.1) is 0 Å². The van der Waals surface area contributed by atoms with Gasteiger partial charge in [-0.3, -0.25) is 0 Å². The molecule has 0 spiro atoms. The average molecular weight is 520 g/mol. The molecule has 1 aromatic heterocycles. The molecule has 6 aromatic carbocycles. The summed E-state index contributed by atoms with van der Waals surface area (Å²) >= 11 is 6.38. The maximum Gasteiger partial charge on any atom is 0.226 e. The maximum absolute atomic E-state index is 6.38. The van der Waals surface area contributed by atoms with Gasteiger partial charge in [0, 0.05) is 11.1 Å². The number of benzene rings is 6. The van der Waals surface area contributed by atoms with Crippen LogP contribution in [0.15, 0.2) is 133 Å². The second kappa shape index (κ2) is 9.79. The molecular weight excluding hydrogens is 498 g/mol. The van der Waals surface area contributed by atoms with Gasteiger partial charge in [0.1, 0.15) is 0 Å². The fraction of sp³-hybridized carbons (Fsp3) is 0. The molecule has 0 atom stereocenters. The standard InChI is InChI=1S/C35H22ClN3/c36-35-38-33(37-34(39-35)32-18-13-24-9-4-5-10-25(24)21-32)31-12-6-11-26(22-31)28-16-17-29-19-27(14-15-30(29)20-28)23-7-2-1-3-8-23/h1-22H. The summed E-state index contributed by atoms with van der Waals surface area (Å²) in [5.74, 6) is 1.11. The number of nitrogens with zero attached hydrogens (tertiary/aromatic N) is 3. The number of hydrogen-bond donors (Lipinski definition) is 0. The molecular formula is C35H22ClN3. The van der Waals surface area contributed by atoms with Gasteiger partial charge < -0.3 is 0 Å². The molecule has 0 saturated heterocycles. The maximum atomic E-state index is 6.38. The second-order valence-corrected chi connectivity index (χ2v) is 9.88. The average Bonchev–Trinajstić information content (AvgIpc) is 3.00. The number of fused-ring (bicyclic) bond motifs is 2. The molecule has 0 N–H and O–H groups in total. The van der Waals surface area contributed by atoms with Crippen LogP contribution in [0.25, 0.3) is 66.6 Å². The summed E-state index contributed by atoms with van der Waals surface area (Å²) in [6, 6.07) is 46.3. The highest BCUT2D eigenvalue weighted by atomic mass is 35.5. The third-order valence-electron chi connectivity index (χ3n) is 7.02. The Morgan fingerprint density at radius 2 is 0.795 bits per heavy atom. The van der Waals surface area contributed by atoms with Crippen molar-refractivity contribution >= 4 is 33.1 Å². The van der Waals surface area contributed by atoms with Gasteiger partial charge in [0.2, 0.25) is 5.28 Å². The zero-order valence-electron chi connectivity index (χ0n) is 20.9. The van der Waals surface area contributed by atoms with Crippen molar-refractivity contribution in [3.05, 3.63) is 139 Å². The molecule has 0 aliphatic carbocycles. The van der Waals surface area contributed by atoms with Gasteiger partial charge >= 0.3 is 0 Å². The Kier molecular flexibility index (Phi) is 5.84. The van der Waals surface area contributed by atoms with E-state index in [-0.39, 0.29) is 5.28 Å². The number of hydrogen-bond acceptors (Lipinski definition) is 3. The minimum absolute atomic E-state index is 0.175. The van der Waals surface area contributed by atoms with Gasteiger partial charge in [0.15, 0.2) is 11.6 Å². The molecule has 4 heteroatoms. The first-order valence-electron chi connectivity index (χ1n) is 12.8. The van der Waals surface area contributed by atoms with Crippen molar-refractivity contribution in [3.63, 3.8) is 0 Å². The molecule has 7 rings (SSSR count). The van der Waals surface area contributed by atoms with Crippen LogP contribution >= 0.6 is 11.6 Å². The lowest BCUT2D eigenvalue weighted by molar-refractivity contribution is 1.07. The SMILES string of the molecule is Clc1nc(-c2cccc(-c3ccc4cc(-c5ccccc5)ccc4c3)c2)nc(-c2ccc3ccccc3c2)n1. The van der Waals surface area contributed by atoms with Crippen molar-refractivity contribution in [2.75, 3.05) is 0 Å². The third-order valence-corrected chi connectivity index (χ3v) is 7.19. The highest BCUT2D eigenvalue weighted by molar-refractivity contribution is 6.28. The summed E-state index contributed by atoms with van der Waals surface area (Å²) in [6.45, 7) is 0. The van der Waals surface area contributed by atoms with Crippen LogP contribution in [-0.4, -0.2) is 15.0 Å². The van der Waals surface area contributed by atoms with Gasteiger partial charge in [-0.15, -0.1) is 0 Å². The van der Waals surface area contributed by atoms with Crippen molar-refractivity contribution in [2.24, 2.45) is 0 Å². The largest absolute Gasteiger partial charge is 0.226 e. The van der Waals surface area contributed by atoms with Crippen molar-refractivity contribution in [1.29, 1.82) is 0 Å². The molecule has 7 aromatic rings. The van der Waals surface area contributed by atoms with Crippen molar-refractivity contribution in [2.45, 2.75) is 0 Å². The van der Waals surface area contributed by atoms with Crippen LogP contribution in [0.4, 0.5) is 0 Å². The molecule has 0 fully saturated rings. The van der Waals surface area contributed by atoms with Crippen LogP contribution in [-0.2, 0) is 0 Å². The first kappa shape index (κ1) is 23.3. The highest BCUT2D eigenvalue weighted by Gasteiger charge is 2.11. The Bertz CT molecular complexity index is 1980. The van der Waals surface area contributed by atoms with E-state index < -0.39 is 0 Å². The van der Waals surface area contributed by atoms with E-state index in [1.807, 2.05) is 36.4 Å². The molecule has 3 nitrogen and oxygen atoms in total. The minimum Gasteiger partial charge on any atom is -0.208 e. The summed E-state index contributed by atoms with van der Waals surface area (Å²) in [6.07, 6.45) is 0. The summed E-state index contributed by atoms with van der Waals surface area (Å²) < 4.78 is 0. The topological polar surface area (TPSA) is 38.7 Å². The summed E-state index contributed by atoms with van der Waals surface area (Å²) in [5, 5.41) is 4.87. The molecule has 1 heterocycles. The normalized spacial score (nSPS) is 11.2. The molecule has 0 amide bonds. The van der Waals surface area contributed by atoms with Crippen molar-refractivity contribution in [1.82, 2.24) is 15.0 Å². The number of aromatic nitrogens is 3. The van der Waals surface area contributed by atoms with Crippen molar-refractivity contribution < 1.29 is 0 Å². The van der Waals surface area contributed by atoms with Crippen LogP contribution in [0.3, 0.4) is 0 Å². The smallest absolute Gasteiger partial charge is 0.208 e. The summed E-state index contributed by atoms with van der Waals surface area (Å²) in [5.41, 5.74) is 6.44. The van der Waals surface area contributed by atoms with Crippen LogP contribution < -0.4 is 0 Å². The second-order valence-electron chi connectivity index (χ2n) is 9.54. The Morgan fingerprint density at radius 3 is 1.54 bits per heavy atom. The monoisotopic (exact) mass is 519 g/mol. The van der Waals surface area contributed by atoms with E-state index in [1.165, 1.54) is 27.3 Å². The fourth-order valence-electron chi connectivity index (χ4n) is 5.01. The van der Waals surface area contributed by atoms with E-state index in [4.69, 9.17) is 16.6 Å². The Hall–Kier alpha value is -4.86. The van der Waals surface area contributed by atoms with Crippen LogP contribution in [0, 0.1) is 0 Å². The van der Waals surface area contributed by atoms with E-state index in [0.717, 1.165) is 27.6 Å². The highest BCUT2D eigenvalue weighted by Crippen LogP contribution is 2.31. The third kappa shape index (κ3) is 4.65. The van der Waals surface area contributed by atoms with Crippen LogP contribution in [0.2, 0.25) is 5.28 Å². The molecule has 0 bridgehead atoms. The van der Waals surface area contributed by atoms with Gasteiger partial charge in [-0.05, 0) is 79.7 Å². The molecule has 0 aliphatic rings. The lowest BCUT2D eigenvalue weighted by Crippen LogP contribution is -1.97. The van der Waals surface area contributed by atoms with Gasteiger partial charge in [-0.25, -0.2) is 4.98 Å². The lowest BCUT2D eigenvalue weighted by atomic mass is 9.97. The molecule has 39 heavy (non-hydrogen) atoms. The van der Waals surface area contributed by atoms with Gasteiger partial charge in [-0.1, -0.05) is 109 Å². The molecule has 0 unspecified atom stereocenters. The quantitative estimate of drug-likeness (QED) is 0.232. The van der Waals surface area contributed by atoms with Gasteiger partial charge in [0.25, 0.3) is 0 Å². The Labute approximate surface area is 231 Å².